The van der Waals surface area contributed by atoms with Gasteiger partial charge in [-0.25, -0.2) is 9.78 Å². The van der Waals surface area contributed by atoms with Gasteiger partial charge in [0.15, 0.2) is 5.76 Å². The van der Waals surface area contributed by atoms with E-state index in [9.17, 15) is 4.79 Å². The average Bonchev–Trinajstić information content (AvgIpc) is 2.73. The minimum Gasteiger partial charge on any atom is -0.444 e. The van der Waals surface area contributed by atoms with Crippen molar-refractivity contribution in [3.8, 4) is 0 Å². The molecule has 1 aromatic rings. The molecule has 1 aromatic heterocycles. The minimum absolute atomic E-state index is 0.0896. The Balaban J connectivity index is 2.72. The Kier molecular flexibility index (Phi) is 6.27. The lowest BCUT2D eigenvalue weighted by atomic mass is 10.1. The van der Waals surface area contributed by atoms with Crippen molar-refractivity contribution in [3.63, 3.8) is 0 Å². The summed E-state index contributed by atoms with van der Waals surface area (Å²) in [5.41, 5.74) is -0.349. The zero-order valence-electron chi connectivity index (χ0n) is 16.3. The zero-order chi connectivity index (χ0) is 18.8. The summed E-state index contributed by atoms with van der Waals surface area (Å²) < 4.78 is 17.1. The first-order valence-electron chi connectivity index (χ1n) is 8.08. The van der Waals surface area contributed by atoms with Crippen molar-refractivity contribution in [1.29, 1.82) is 0 Å². The molecule has 1 amide bonds. The van der Waals surface area contributed by atoms with Crippen molar-refractivity contribution in [2.75, 3.05) is 0 Å². The summed E-state index contributed by atoms with van der Waals surface area (Å²) in [6.45, 7) is 17.8. The molecule has 0 atom stereocenters. The molecule has 0 fully saturated rings. The minimum atomic E-state index is -0.576. The van der Waals surface area contributed by atoms with Gasteiger partial charge in [-0.3, -0.25) is 0 Å². The number of oxazole rings is 1. The molecule has 0 aliphatic carbocycles. The van der Waals surface area contributed by atoms with E-state index in [1.807, 2.05) is 41.5 Å². The standard InChI is InChI=1S/C17H30N2O4Si/c1-11-13(17(8,9)23-24-16(5,6)7)21-12(19-11)10-18-14(20)22-15(2,3)4/h10H2,1-9H3,(H,18,20). The van der Waals surface area contributed by atoms with Gasteiger partial charge in [0.25, 0.3) is 0 Å². The van der Waals surface area contributed by atoms with Crippen LogP contribution in [0.1, 0.15) is 72.7 Å². The Morgan fingerprint density at radius 1 is 1.17 bits per heavy atom. The molecule has 7 heteroatoms. The van der Waals surface area contributed by atoms with Gasteiger partial charge in [-0.2, -0.15) is 0 Å². The van der Waals surface area contributed by atoms with Crippen LogP contribution in [0.3, 0.4) is 0 Å². The second kappa shape index (κ2) is 7.27. The number of carbonyl (C=O) groups is 1. The predicted octanol–water partition coefficient (Wildman–Crippen LogP) is 4.10. The molecule has 0 aromatic carbocycles. The maximum atomic E-state index is 11.7. The number of amides is 1. The Bertz CT molecular complexity index is 568. The number of nitrogens with one attached hydrogen (secondary N) is 1. The maximum absolute atomic E-state index is 11.7. The summed E-state index contributed by atoms with van der Waals surface area (Å²) >= 11 is 0. The normalized spacial score (nSPS) is 13.0. The van der Waals surface area contributed by atoms with Crippen LogP contribution in [0.25, 0.3) is 0 Å². The number of rotatable bonds is 5. The maximum Gasteiger partial charge on any atom is 0.408 e. The van der Waals surface area contributed by atoms with Crippen molar-refractivity contribution in [1.82, 2.24) is 10.3 Å². The molecule has 0 aliphatic heterocycles. The first-order chi connectivity index (χ1) is 10.7. The molecule has 6 nitrogen and oxygen atoms in total. The number of aryl methyl sites for hydroxylation is 1. The van der Waals surface area contributed by atoms with Crippen LogP contribution in [0.2, 0.25) is 5.04 Å². The number of hydrogen-bond donors (Lipinski definition) is 1. The SMILES string of the molecule is Cc1nc(CNC(=O)OC(C)(C)C)oc1C(C)(C)O[Si]C(C)(C)C. The van der Waals surface area contributed by atoms with E-state index in [0.29, 0.717) is 21.4 Å². The highest BCUT2D eigenvalue weighted by Gasteiger charge is 2.31. The molecule has 0 aliphatic rings. The molecule has 0 saturated carbocycles. The second-order valence-electron chi connectivity index (χ2n) is 8.34. The monoisotopic (exact) mass is 354 g/mol. The van der Waals surface area contributed by atoms with Gasteiger partial charge in [-0.1, -0.05) is 20.8 Å². The van der Waals surface area contributed by atoms with Gasteiger partial charge in [0.1, 0.15) is 11.2 Å². The molecule has 0 unspecified atom stereocenters. The van der Waals surface area contributed by atoms with Crippen LogP contribution in [0.15, 0.2) is 4.42 Å². The van der Waals surface area contributed by atoms with E-state index in [0.717, 1.165) is 5.69 Å². The fraction of sp³-hybridized carbons (Fsp3) is 0.765. The molecule has 0 spiro atoms. The Morgan fingerprint density at radius 3 is 2.25 bits per heavy atom. The third-order valence-corrected chi connectivity index (χ3v) is 4.01. The molecular weight excluding hydrogens is 324 g/mol. The molecule has 2 radical (unpaired) electrons. The lowest BCUT2D eigenvalue weighted by Crippen LogP contribution is -2.32. The largest absolute Gasteiger partial charge is 0.444 e. The third kappa shape index (κ3) is 7.05. The highest BCUT2D eigenvalue weighted by molar-refractivity contribution is 6.31. The topological polar surface area (TPSA) is 73.6 Å². The van der Waals surface area contributed by atoms with Crippen LogP contribution < -0.4 is 5.32 Å². The number of nitrogens with zero attached hydrogens (tertiary/aromatic N) is 1. The summed E-state index contributed by atoms with van der Waals surface area (Å²) in [6, 6.07) is 0. The summed E-state index contributed by atoms with van der Waals surface area (Å²) in [5, 5.41) is 2.74. The van der Waals surface area contributed by atoms with Crippen molar-refractivity contribution < 1.29 is 18.4 Å². The molecule has 24 heavy (non-hydrogen) atoms. The predicted molar refractivity (Wildman–Crippen MR) is 93.9 cm³/mol. The van der Waals surface area contributed by atoms with Crippen molar-refractivity contribution in [3.05, 3.63) is 17.3 Å². The lowest BCUT2D eigenvalue weighted by molar-refractivity contribution is 0.0516. The fourth-order valence-electron chi connectivity index (χ4n) is 1.88. The van der Waals surface area contributed by atoms with Crippen molar-refractivity contribution >= 4 is 15.9 Å². The lowest BCUT2D eigenvalue weighted by Gasteiger charge is -2.27. The molecule has 1 N–H and O–H groups in total. The molecular formula is C17H30N2O4Si. The number of aromatic nitrogens is 1. The van der Waals surface area contributed by atoms with Crippen LogP contribution in [0, 0.1) is 6.92 Å². The summed E-state index contributed by atoms with van der Waals surface area (Å²) in [7, 11) is 0.337. The van der Waals surface area contributed by atoms with Gasteiger partial charge in [0, 0.05) is 0 Å². The fourth-order valence-corrected chi connectivity index (χ4v) is 2.53. The molecule has 1 rings (SSSR count). The summed E-state index contributed by atoms with van der Waals surface area (Å²) in [5.74, 6) is 1.12. The third-order valence-electron chi connectivity index (χ3n) is 2.78. The van der Waals surface area contributed by atoms with Gasteiger partial charge >= 0.3 is 6.09 Å². The van der Waals surface area contributed by atoms with E-state index < -0.39 is 17.3 Å². The first kappa shape index (κ1) is 20.7. The Labute approximate surface area is 147 Å². The molecule has 0 bridgehead atoms. The smallest absolute Gasteiger partial charge is 0.408 e. The highest BCUT2D eigenvalue weighted by Crippen LogP contribution is 2.31. The average molecular weight is 355 g/mol. The van der Waals surface area contributed by atoms with Crippen LogP contribution in [0.4, 0.5) is 4.79 Å². The zero-order valence-corrected chi connectivity index (χ0v) is 17.3. The van der Waals surface area contributed by atoms with E-state index in [1.54, 1.807) is 0 Å². The number of hydrogen-bond acceptors (Lipinski definition) is 5. The molecule has 0 saturated heterocycles. The van der Waals surface area contributed by atoms with Crippen LogP contribution >= 0.6 is 0 Å². The van der Waals surface area contributed by atoms with Crippen molar-refractivity contribution in [2.24, 2.45) is 0 Å². The van der Waals surface area contributed by atoms with E-state index >= 15 is 0 Å². The van der Waals surface area contributed by atoms with E-state index in [4.69, 9.17) is 13.6 Å². The highest BCUT2D eigenvalue weighted by atomic mass is 28.2. The molecule has 1 heterocycles. The quantitative estimate of drug-likeness (QED) is 0.806. The van der Waals surface area contributed by atoms with Gasteiger partial charge in [-0.15, -0.1) is 0 Å². The van der Waals surface area contributed by atoms with Crippen molar-refractivity contribution in [2.45, 2.75) is 85.1 Å². The van der Waals surface area contributed by atoms with Gasteiger partial charge in [0.2, 0.25) is 15.7 Å². The summed E-state index contributed by atoms with van der Waals surface area (Å²) in [6.07, 6.45) is -0.496. The number of ether oxygens (including phenoxy) is 1. The summed E-state index contributed by atoms with van der Waals surface area (Å²) in [4.78, 5) is 16.1. The molecule has 136 valence electrons. The Morgan fingerprint density at radius 2 is 1.75 bits per heavy atom. The second-order valence-corrected chi connectivity index (χ2v) is 10.3. The van der Waals surface area contributed by atoms with Gasteiger partial charge < -0.3 is 18.9 Å². The Hall–Kier alpha value is -1.34. The first-order valence-corrected chi connectivity index (χ1v) is 8.99. The van der Waals surface area contributed by atoms with E-state index in [2.05, 4.69) is 31.1 Å². The number of alkyl carbamates (subject to hydrolysis) is 1. The van der Waals surface area contributed by atoms with Gasteiger partial charge in [0.05, 0.1) is 12.2 Å². The number of carbonyl (C=O) groups excluding carboxylic acids is 1. The van der Waals surface area contributed by atoms with E-state index in [-0.39, 0.29) is 11.6 Å². The van der Waals surface area contributed by atoms with Gasteiger partial charge in [-0.05, 0) is 46.6 Å². The van der Waals surface area contributed by atoms with Crippen LogP contribution in [0.5, 0.6) is 0 Å². The van der Waals surface area contributed by atoms with Crippen LogP contribution in [-0.4, -0.2) is 26.4 Å². The van der Waals surface area contributed by atoms with Crippen LogP contribution in [-0.2, 0) is 21.3 Å². The van der Waals surface area contributed by atoms with E-state index in [1.165, 1.54) is 0 Å².